The lowest BCUT2D eigenvalue weighted by molar-refractivity contribution is 0.415. The molecule has 0 saturated heterocycles. The molecule has 0 unspecified atom stereocenters. The van der Waals surface area contributed by atoms with E-state index in [2.05, 4.69) is 11.6 Å². The third kappa shape index (κ3) is 4.66. The van der Waals surface area contributed by atoms with Gasteiger partial charge in [-0.25, -0.2) is 0 Å². The van der Waals surface area contributed by atoms with Crippen molar-refractivity contribution in [2.75, 3.05) is 36.7 Å². The molecule has 0 aliphatic heterocycles. The summed E-state index contributed by atoms with van der Waals surface area (Å²) in [6.07, 6.45) is 4.56. The first kappa shape index (κ1) is 13.0. The van der Waals surface area contributed by atoms with Crippen molar-refractivity contribution < 1.29 is 4.74 Å². The van der Waals surface area contributed by atoms with Gasteiger partial charge in [0, 0.05) is 30.1 Å². The molecule has 0 saturated carbocycles. The van der Waals surface area contributed by atoms with Gasteiger partial charge in [-0.1, -0.05) is 0 Å². The quantitative estimate of drug-likeness (QED) is 0.568. The molecule has 0 amide bonds. The summed E-state index contributed by atoms with van der Waals surface area (Å²) >= 11 is 1.89. The van der Waals surface area contributed by atoms with Crippen LogP contribution in [0.4, 0.5) is 11.4 Å². The minimum Gasteiger partial charge on any atom is -0.497 e. The molecule has 3 nitrogen and oxygen atoms in total. The van der Waals surface area contributed by atoms with Gasteiger partial charge in [0.05, 0.1) is 7.11 Å². The zero-order valence-corrected chi connectivity index (χ0v) is 10.8. The monoisotopic (exact) mass is 240 g/mol. The molecule has 0 heterocycles. The summed E-state index contributed by atoms with van der Waals surface area (Å²) in [4.78, 5) is 0. The molecule has 1 rings (SSSR count). The smallest absolute Gasteiger partial charge is 0.122 e. The van der Waals surface area contributed by atoms with Crippen molar-refractivity contribution in [3.05, 3.63) is 18.2 Å². The Kier molecular flexibility index (Phi) is 5.93. The number of unbranched alkanes of at least 4 members (excludes halogenated alkanes) is 1. The number of hydrogen-bond donors (Lipinski definition) is 2. The van der Waals surface area contributed by atoms with Crippen molar-refractivity contribution in [2.24, 2.45) is 0 Å². The van der Waals surface area contributed by atoms with Crippen LogP contribution in [-0.2, 0) is 0 Å². The molecule has 0 aliphatic rings. The van der Waals surface area contributed by atoms with Crippen LogP contribution in [0.3, 0.4) is 0 Å². The second kappa shape index (κ2) is 7.28. The Morgan fingerprint density at radius 1 is 1.31 bits per heavy atom. The van der Waals surface area contributed by atoms with Crippen molar-refractivity contribution >= 4 is 23.1 Å². The Morgan fingerprint density at radius 3 is 2.81 bits per heavy atom. The number of nitrogens with one attached hydrogen (secondary N) is 1. The fourth-order valence-corrected chi connectivity index (χ4v) is 1.94. The minimum absolute atomic E-state index is 0.728. The highest BCUT2D eigenvalue weighted by atomic mass is 32.2. The molecule has 0 bridgehead atoms. The molecule has 1 aromatic carbocycles. The second-order valence-corrected chi connectivity index (χ2v) is 4.61. The van der Waals surface area contributed by atoms with Crippen molar-refractivity contribution in [2.45, 2.75) is 12.8 Å². The number of thioether (sulfide) groups is 1. The van der Waals surface area contributed by atoms with Gasteiger partial charge in [-0.15, -0.1) is 0 Å². The Hall–Kier alpha value is -1.03. The molecule has 0 aromatic heterocycles. The summed E-state index contributed by atoms with van der Waals surface area (Å²) in [5.74, 6) is 2.02. The largest absolute Gasteiger partial charge is 0.497 e. The van der Waals surface area contributed by atoms with Gasteiger partial charge in [0.1, 0.15) is 5.75 Å². The molecule has 3 N–H and O–H groups in total. The van der Waals surface area contributed by atoms with Gasteiger partial charge in [-0.05, 0) is 30.9 Å². The number of nitrogens with two attached hydrogens (primary N) is 1. The van der Waals surface area contributed by atoms with Crippen molar-refractivity contribution in [1.82, 2.24) is 0 Å². The highest BCUT2D eigenvalue weighted by molar-refractivity contribution is 7.98. The van der Waals surface area contributed by atoms with E-state index in [0.29, 0.717) is 0 Å². The molecular weight excluding hydrogens is 220 g/mol. The number of hydrogen-bond acceptors (Lipinski definition) is 4. The van der Waals surface area contributed by atoms with Crippen LogP contribution in [-0.4, -0.2) is 25.7 Å². The summed E-state index contributed by atoms with van der Waals surface area (Å²) in [7, 11) is 1.65. The fraction of sp³-hybridized carbons (Fsp3) is 0.500. The number of nitrogen functional groups attached to an aromatic ring is 1. The number of ether oxygens (including phenoxy) is 1. The maximum Gasteiger partial charge on any atom is 0.122 e. The molecule has 0 spiro atoms. The molecule has 4 heteroatoms. The zero-order chi connectivity index (χ0) is 11.8. The van der Waals surface area contributed by atoms with E-state index in [1.807, 2.05) is 30.0 Å². The van der Waals surface area contributed by atoms with Crippen LogP contribution in [0.25, 0.3) is 0 Å². The van der Waals surface area contributed by atoms with Gasteiger partial charge < -0.3 is 15.8 Å². The number of rotatable bonds is 7. The molecule has 0 aliphatic carbocycles. The van der Waals surface area contributed by atoms with Crippen LogP contribution in [0.5, 0.6) is 5.75 Å². The van der Waals surface area contributed by atoms with Crippen LogP contribution in [0.15, 0.2) is 18.2 Å². The Labute approximate surface area is 102 Å². The third-order valence-electron chi connectivity index (χ3n) is 2.27. The average Bonchev–Trinajstić information content (AvgIpc) is 2.28. The van der Waals surface area contributed by atoms with E-state index in [-0.39, 0.29) is 0 Å². The summed E-state index contributed by atoms with van der Waals surface area (Å²) in [6, 6.07) is 5.71. The maximum atomic E-state index is 5.76. The average molecular weight is 240 g/mol. The topological polar surface area (TPSA) is 47.3 Å². The van der Waals surface area contributed by atoms with E-state index >= 15 is 0 Å². The Morgan fingerprint density at radius 2 is 2.12 bits per heavy atom. The highest BCUT2D eigenvalue weighted by Crippen LogP contribution is 2.22. The number of methoxy groups -OCH3 is 1. The molecule has 1 aromatic rings. The summed E-state index contributed by atoms with van der Waals surface area (Å²) in [5, 5.41) is 3.35. The standard InChI is InChI=1S/C12H20N2OS/c1-15-12-8-10(13)7-11(9-12)14-5-3-4-6-16-2/h7-9,14H,3-6,13H2,1-2H3. The first-order chi connectivity index (χ1) is 7.76. The summed E-state index contributed by atoms with van der Waals surface area (Å²) < 4.78 is 5.16. The zero-order valence-electron chi connectivity index (χ0n) is 9.95. The number of anilines is 2. The van der Waals surface area contributed by atoms with Gasteiger partial charge >= 0.3 is 0 Å². The van der Waals surface area contributed by atoms with Crippen molar-refractivity contribution in [3.8, 4) is 5.75 Å². The van der Waals surface area contributed by atoms with E-state index in [0.717, 1.165) is 23.7 Å². The molecule has 0 radical (unpaired) electrons. The highest BCUT2D eigenvalue weighted by Gasteiger charge is 1.98. The van der Waals surface area contributed by atoms with Crippen LogP contribution in [0, 0.1) is 0 Å². The van der Waals surface area contributed by atoms with E-state index < -0.39 is 0 Å². The molecular formula is C12H20N2OS. The first-order valence-electron chi connectivity index (χ1n) is 5.43. The Bertz CT molecular complexity index is 318. The maximum absolute atomic E-state index is 5.76. The van der Waals surface area contributed by atoms with Gasteiger partial charge in [0.25, 0.3) is 0 Å². The lowest BCUT2D eigenvalue weighted by Crippen LogP contribution is -2.02. The lowest BCUT2D eigenvalue weighted by Gasteiger charge is -2.09. The van der Waals surface area contributed by atoms with Crippen molar-refractivity contribution in [1.29, 1.82) is 0 Å². The van der Waals surface area contributed by atoms with Gasteiger partial charge in [0.2, 0.25) is 0 Å². The van der Waals surface area contributed by atoms with E-state index in [4.69, 9.17) is 10.5 Å². The first-order valence-corrected chi connectivity index (χ1v) is 6.83. The fourth-order valence-electron chi connectivity index (χ4n) is 1.45. The normalized spacial score (nSPS) is 10.1. The Balaban J connectivity index is 2.38. The molecule has 0 atom stereocenters. The molecule has 90 valence electrons. The molecule has 0 fully saturated rings. The molecule has 16 heavy (non-hydrogen) atoms. The van der Waals surface area contributed by atoms with Crippen LogP contribution < -0.4 is 15.8 Å². The van der Waals surface area contributed by atoms with E-state index in [1.165, 1.54) is 18.6 Å². The van der Waals surface area contributed by atoms with Crippen LogP contribution in [0.2, 0.25) is 0 Å². The van der Waals surface area contributed by atoms with Crippen LogP contribution >= 0.6 is 11.8 Å². The van der Waals surface area contributed by atoms with Gasteiger partial charge in [-0.2, -0.15) is 11.8 Å². The SMILES string of the molecule is COc1cc(N)cc(NCCCCSC)c1. The third-order valence-corrected chi connectivity index (χ3v) is 2.97. The van der Waals surface area contributed by atoms with Gasteiger partial charge in [-0.3, -0.25) is 0 Å². The van der Waals surface area contributed by atoms with Crippen LogP contribution in [0.1, 0.15) is 12.8 Å². The predicted molar refractivity (Wildman–Crippen MR) is 73.5 cm³/mol. The minimum atomic E-state index is 0.728. The lowest BCUT2D eigenvalue weighted by atomic mass is 10.2. The van der Waals surface area contributed by atoms with Crippen molar-refractivity contribution in [3.63, 3.8) is 0 Å². The van der Waals surface area contributed by atoms with Gasteiger partial charge in [0.15, 0.2) is 0 Å². The second-order valence-electron chi connectivity index (χ2n) is 3.62. The summed E-state index contributed by atoms with van der Waals surface area (Å²) in [5.41, 5.74) is 7.52. The van der Waals surface area contributed by atoms with E-state index in [1.54, 1.807) is 7.11 Å². The summed E-state index contributed by atoms with van der Waals surface area (Å²) in [6.45, 7) is 0.979. The number of benzene rings is 1. The predicted octanol–water partition coefficient (Wildman–Crippen LogP) is 2.83. The van der Waals surface area contributed by atoms with E-state index in [9.17, 15) is 0 Å².